The SMILES string of the molecule is CN(C)C(=O)CNCCNC(=O)C1CC1. The molecule has 0 atom stereocenters. The standard InChI is InChI=1S/C10H19N3O2/c1-13(2)9(14)7-11-5-6-12-10(15)8-3-4-8/h8,11H,3-7H2,1-2H3,(H,12,15). The lowest BCUT2D eigenvalue weighted by molar-refractivity contribution is -0.127. The van der Waals surface area contributed by atoms with Crippen LogP contribution in [0.5, 0.6) is 0 Å². The second-order valence-corrected chi connectivity index (χ2v) is 4.03. The largest absolute Gasteiger partial charge is 0.355 e. The van der Waals surface area contributed by atoms with Crippen LogP contribution in [0.25, 0.3) is 0 Å². The molecule has 1 fully saturated rings. The molecule has 0 bridgehead atoms. The Morgan fingerprint density at radius 3 is 2.47 bits per heavy atom. The van der Waals surface area contributed by atoms with Crippen LogP contribution in [0.3, 0.4) is 0 Å². The topological polar surface area (TPSA) is 61.4 Å². The fourth-order valence-electron chi connectivity index (χ4n) is 1.12. The van der Waals surface area contributed by atoms with Gasteiger partial charge in [-0.3, -0.25) is 9.59 Å². The van der Waals surface area contributed by atoms with Crippen molar-refractivity contribution in [3.05, 3.63) is 0 Å². The number of carbonyl (C=O) groups excluding carboxylic acids is 2. The Bertz CT molecular complexity index is 221. The lowest BCUT2D eigenvalue weighted by Gasteiger charge is -2.11. The summed E-state index contributed by atoms with van der Waals surface area (Å²) in [6, 6.07) is 0. The minimum atomic E-state index is 0.0449. The number of likely N-dealkylation sites (N-methyl/N-ethyl adjacent to an activating group) is 1. The fourth-order valence-corrected chi connectivity index (χ4v) is 1.12. The van der Waals surface area contributed by atoms with E-state index in [1.165, 1.54) is 4.90 Å². The van der Waals surface area contributed by atoms with Crippen molar-refractivity contribution in [1.82, 2.24) is 15.5 Å². The Morgan fingerprint density at radius 2 is 1.93 bits per heavy atom. The molecular formula is C10H19N3O2. The molecule has 1 aliphatic rings. The summed E-state index contributed by atoms with van der Waals surface area (Å²) >= 11 is 0. The van der Waals surface area contributed by atoms with Gasteiger partial charge in [-0.05, 0) is 12.8 Å². The molecule has 0 heterocycles. The number of nitrogens with zero attached hydrogens (tertiary/aromatic N) is 1. The Labute approximate surface area is 90.2 Å². The average molecular weight is 213 g/mol. The molecule has 0 unspecified atom stereocenters. The van der Waals surface area contributed by atoms with Crippen LogP contribution in [0.2, 0.25) is 0 Å². The number of amides is 2. The molecule has 0 aromatic heterocycles. The highest BCUT2D eigenvalue weighted by molar-refractivity contribution is 5.80. The molecule has 1 saturated carbocycles. The molecule has 5 heteroatoms. The van der Waals surface area contributed by atoms with Gasteiger partial charge in [-0.2, -0.15) is 0 Å². The van der Waals surface area contributed by atoms with Crippen molar-refractivity contribution in [2.24, 2.45) is 5.92 Å². The van der Waals surface area contributed by atoms with Gasteiger partial charge in [0.2, 0.25) is 11.8 Å². The Morgan fingerprint density at radius 1 is 1.27 bits per heavy atom. The van der Waals surface area contributed by atoms with Crippen LogP contribution in [0.4, 0.5) is 0 Å². The molecule has 2 amide bonds. The third-order valence-electron chi connectivity index (χ3n) is 2.32. The van der Waals surface area contributed by atoms with Gasteiger partial charge in [0.25, 0.3) is 0 Å². The first-order chi connectivity index (χ1) is 7.11. The van der Waals surface area contributed by atoms with Gasteiger partial charge in [0.1, 0.15) is 0 Å². The van der Waals surface area contributed by atoms with Crippen molar-refractivity contribution in [3.63, 3.8) is 0 Å². The van der Waals surface area contributed by atoms with Crippen molar-refractivity contribution in [3.8, 4) is 0 Å². The zero-order valence-electron chi connectivity index (χ0n) is 9.38. The van der Waals surface area contributed by atoms with Gasteiger partial charge in [-0.15, -0.1) is 0 Å². The first kappa shape index (κ1) is 12.0. The molecule has 15 heavy (non-hydrogen) atoms. The summed E-state index contributed by atoms with van der Waals surface area (Å²) in [4.78, 5) is 23.9. The molecule has 5 nitrogen and oxygen atoms in total. The van der Waals surface area contributed by atoms with Crippen LogP contribution in [-0.4, -0.2) is 50.4 Å². The Kier molecular flexibility index (Phi) is 4.55. The van der Waals surface area contributed by atoms with E-state index in [9.17, 15) is 9.59 Å². The normalized spacial score (nSPS) is 14.8. The van der Waals surface area contributed by atoms with Gasteiger partial charge < -0.3 is 15.5 Å². The second-order valence-electron chi connectivity index (χ2n) is 4.03. The minimum absolute atomic E-state index is 0.0449. The number of carbonyl (C=O) groups is 2. The van der Waals surface area contributed by atoms with E-state index in [1.54, 1.807) is 14.1 Å². The van der Waals surface area contributed by atoms with Crippen molar-refractivity contribution in [2.75, 3.05) is 33.7 Å². The van der Waals surface area contributed by atoms with Gasteiger partial charge in [-0.1, -0.05) is 0 Å². The maximum Gasteiger partial charge on any atom is 0.236 e. The van der Waals surface area contributed by atoms with Gasteiger partial charge in [0.15, 0.2) is 0 Å². The van der Waals surface area contributed by atoms with Crippen molar-refractivity contribution < 1.29 is 9.59 Å². The fraction of sp³-hybridized carbons (Fsp3) is 0.800. The molecule has 0 spiro atoms. The highest BCUT2D eigenvalue weighted by Gasteiger charge is 2.28. The van der Waals surface area contributed by atoms with Crippen LogP contribution in [0.1, 0.15) is 12.8 Å². The van der Waals surface area contributed by atoms with Crippen LogP contribution >= 0.6 is 0 Å². The highest BCUT2D eigenvalue weighted by atomic mass is 16.2. The summed E-state index contributed by atoms with van der Waals surface area (Å²) in [5.41, 5.74) is 0. The predicted molar refractivity (Wildman–Crippen MR) is 57.3 cm³/mol. The summed E-state index contributed by atoms with van der Waals surface area (Å²) in [6.07, 6.45) is 2.05. The molecule has 0 radical (unpaired) electrons. The van der Waals surface area contributed by atoms with Crippen LogP contribution in [-0.2, 0) is 9.59 Å². The van der Waals surface area contributed by atoms with Gasteiger partial charge in [0.05, 0.1) is 6.54 Å². The van der Waals surface area contributed by atoms with Gasteiger partial charge in [-0.25, -0.2) is 0 Å². The maximum absolute atomic E-state index is 11.2. The second kappa shape index (κ2) is 5.70. The monoisotopic (exact) mass is 213 g/mol. The number of nitrogens with one attached hydrogen (secondary N) is 2. The van der Waals surface area contributed by atoms with E-state index in [1.807, 2.05) is 0 Å². The van der Waals surface area contributed by atoms with Crippen molar-refractivity contribution in [2.45, 2.75) is 12.8 Å². The third-order valence-corrected chi connectivity index (χ3v) is 2.32. The van der Waals surface area contributed by atoms with E-state index in [-0.39, 0.29) is 17.7 Å². The predicted octanol–water partition coefficient (Wildman–Crippen LogP) is -0.810. The van der Waals surface area contributed by atoms with Gasteiger partial charge in [0, 0.05) is 33.1 Å². The van der Waals surface area contributed by atoms with Crippen LogP contribution < -0.4 is 10.6 Å². The van der Waals surface area contributed by atoms with E-state index in [0.29, 0.717) is 19.6 Å². The smallest absolute Gasteiger partial charge is 0.236 e. The van der Waals surface area contributed by atoms with E-state index < -0.39 is 0 Å². The summed E-state index contributed by atoms with van der Waals surface area (Å²) in [6.45, 7) is 1.56. The van der Waals surface area contributed by atoms with Crippen molar-refractivity contribution >= 4 is 11.8 Å². The van der Waals surface area contributed by atoms with E-state index >= 15 is 0 Å². The molecule has 86 valence electrons. The summed E-state index contributed by atoms with van der Waals surface area (Å²) in [5, 5.41) is 5.80. The quantitative estimate of drug-likeness (QED) is 0.567. The van der Waals surface area contributed by atoms with E-state index in [2.05, 4.69) is 10.6 Å². The molecule has 0 aromatic carbocycles. The zero-order valence-corrected chi connectivity index (χ0v) is 9.38. The summed E-state index contributed by atoms with van der Waals surface area (Å²) in [5.74, 6) is 0.452. The molecular weight excluding hydrogens is 194 g/mol. The first-order valence-corrected chi connectivity index (χ1v) is 5.30. The average Bonchev–Trinajstić information content (AvgIpc) is 2.99. The molecule has 0 aromatic rings. The zero-order chi connectivity index (χ0) is 11.3. The number of hydrogen-bond acceptors (Lipinski definition) is 3. The maximum atomic E-state index is 11.2. The van der Waals surface area contributed by atoms with Crippen LogP contribution in [0, 0.1) is 5.92 Å². The molecule has 1 aliphatic carbocycles. The van der Waals surface area contributed by atoms with Crippen LogP contribution in [0.15, 0.2) is 0 Å². The van der Waals surface area contributed by atoms with E-state index in [4.69, 9.17) is 0 Å². The lowest BCUT2D eigenvalue weighted by atomic mass is 10.4. The lowest BCUT2D eigenvalue weighted by Crippen LogP contribution is -2.37. The first-order valence-electron chi connectivity index (χ1n) is 5.30. The highest BCUT2D eigenvalue weighted by Crippen LogP contribution is 2.28. The van der Waals surface area contributed by atoms with Gasteiger partial charge >= 0.3 is 0 Å². The summed E-state index contributed by atoms with van der Waals surface area (Å²) < 4.78 is 0. The Balaban J connectivity index is 1.92. The summed E-state index contributed by atoms with van der Waals surface area (Å²) in [7, 11) is 3.44. The number of hydrogen-bond donors (Lipinski definition) is 2. The minimum Gasteiger partial charge on any atom is -0.355 e. The molecule has 2 N–H and O–H groups in total. The number of rotatable bonds is 6. The molecule has 0 saturated heterocycles. The van der Waals surface area contributed by atoms with E-state index in [0.717, 1.165) is 12.8 Å². The molecule has 1 rings (SSSR count). The third kappa shape index (κ3) is 4.78. The Hall–Kier alpha value is -1.10. The molecule has 0 aliphatic heterocycles. The van der Waals surface area contributed by atoms with Crippen molar-refractivity contribution in [1.29, 1.82) is 0 Å².